The van der Waals surface area contributed by atoms with Crippen LogP contribution in [0.1, 0.15) is 22.4 Å². The van der Waals surface area contributed by atoms with E-state index in [-0.39, 0.29) is 0 Å². The molecule has 1 N–H and O–H groups in total. The second-order valence-corrected chi connectivity index (χ2v) is 4.59. The largest absolute Gasteiger partial charge is 0.493 e. The van der Waals surface area contributed by atoms with Crippen molar-refractivity contribution in [3.8, 4) is 23.1 Å². The van der Waals surface area contributed by atoms with E-state index in [0.717, 1.165) is 28.1 Å². The fourth-order valence-electron chi connectivity index (χ4n) is 2.53. The first-order chi connectivity index (χ1) is 8.70. The first-order valence-corrected chi connectivity index (χ1v) is 5.92. The lowest BCUT2D eigenvalue weighted by Crippen LogP contribution is -2.00. The number of aryl methyl sites for hydroxylation is 2. The third-order valence-electron chi connectivity index (χ3n) is 3.28. The molecule has 1 aliphatic rings. The highest BCUT2D eigenvalue weighted by molar-refractivity contribution is 5.76. The van der Waals surface area contributed by atoms with E-state index in [4.69, 9.17) is 10.00 Å². The van der Waals surface area contributed by atoms with Crippen LogP contribution in [0.4, 0.5) is 0 Å². The van der Waals surface area contributed by atoms with Crippen LogP contribution in [-0.2, 0) is 6.42 Å². The van der Waals surface area contributed by atoms with Gasteiger partial charge in [-0.1, -0.05) is 6.07 Å². The number of aromatic nitrogens is 2. The minimum absolute atomic E-state index is 0.474. The number of benzene rings is 1. The minimum Gasteiger partial charge on any atom is -0.493 e. The van der Waals surface area contributed by atoms with Crippen LogP contribution in [0.25, 0.3) is 11.3 Å². The molecular weight excluding hydrogens is 226 g/mol. The quantitative estimate of drug-likeness (QED) is 0.768. The summed E-state index contributed by atoms with van der Waals surface area (Å²) >= 11 is 0. The van der Waals surface area contributed by atoms with E-state index >= 15 is 0 Å². The lowest BCUT2D eigenvalue weighted by molar-refractivity contribution is 0.326. The summed E-state index contributed by atoms with van der Waals surface area (Å²) in [4.78, 5) is 0. The number of hydrogen-bond donors (Lipinski definition) is 1. The Morgan fingerprint density at radius 3 is 3.00 bits per heavy atom. The third kappa shape index (κ3) is 1.48. The van der Waals surface area contributed by atoms with Gasteiger partial charge < -0.3 is 4.74 Å². The molecule has 4 nitrogen and oxygen atoms in total. The molecule has 18 heavy (non-hydrogen) atoms. The number of nitrogens with one attached hydrogen (secondary N) is 1. The molecule has 0 atom stereocenters. The molecule has 2 aromatic rings. The molecular formula is C14H13N3O. The highest BCUT2D eigenvalue weighted by Gasteiger charge is 2.22. The summed E-state index contributed by atoms with van der Waals surface area (Å²) in [5.41, 5.74) is 5.71. The molecule has 0 radical (unpaired) electrons. The van der Waals surface area contributed by atoms with Gasteiger partial charge in [0.15, 0.2) is 5.69 Å². The number of hydrogen-bond acceptors (Lipinski definition) is 3. The van der Waals surface area contributed by atoms with Crippen molar-refractivity contribution in [2.24, 2.45) is 0 Å². The summed E-state index contributed by atoms with van der Waals surface area (Å²) in [5.74, 6) is 0.874. The Labute approximate surface area is 105 Å². The highest BCUT2D eigenvalue weighted by Crippen LogP contribution is 2.38. The molecule has 2 heterocycles. The van der Waals surface area contributed by atoms with Crippen molar-refractivity contribution in [1.29, 1.82) is 5.26 Å². The van der Waals surface area contributed by atoms with Gasteiger partial charge in [0.2, 0.25) is 0 Å². The summed E-state index contributed by atoms with van der Waals surface area (Å²) in [6, 6.07) is 6.27. The molecule has 3 rings (SSSR count). The van der Waals surface area contributed by atoms with Gasteiger partial charge in [0.05, 0.1) is 12.3 Å². The average molecular weight is 239 g/mol. The molecule has 0 saturated carbocycles. The summed E-state index contributed by atoms with van der Waals surface area (Å²) in [6.45, 7) is 4.68. The maximum atomic E-state index is 9.06. The third-order valence-corrected chi connectivity index (χ3v) is 3.28. The molecule has 0 amide bonds. The normalized spacial score (nSPS) is 12.9. The van der Waals surface area contributed by atoms with Crippen molar-refractivity contribution < 1.29 is 4.74 Å². The second-order valence-electron chi connectivity index (χ2n) is 4.59. The van der Waals surface area contributed by atoms with Crippen LogP contribution in [-0.4, -0.2) is 16.8 Å². The number of ether oxygens (including phenoxy) is 1. The smallest absolute Gasteiger partial charge is 0.166 e. The van der Waals surface area contributed by atoms with Crippen molar-refractivity contribution in [1.82, 2.24) is 10.2 Å². The fourth-order valence-corrected chi connectivity index (χ4v) is 2.53. The molecule has 0 aliphatic carbocycles. The van der Waals surface area contributed by atoms with Crippen LogP contribution in [0.5, 0.6) is 5.75 Å². The fraction of sp³-hybridized carbons (Fsp3) is 0.286. The van der Waals surface area contributed by atoms with Gasteiger partial charge in [0.1, 0.15) is 11.8 Å². The van der Waals surface area contributed by atoms with Gasteiger partial charge in [-0.15, -0.1) is 0 Å². The number of H-pyrrole nitrogens is 1. The van der Waals surface area contributed by atoms with Crippen LogP contribution in [0.2, 0.25) is 0 Å². The SMILES string of the molecule is Cc1cc(C)c2c(c1)OCCc1c(C#N)n[nH]c1-2. The molecule has 1 aromatic carbocycles. The Kier molecular flexibility index (Phi) is 2.34. The maximum absolute atomic E-state index is 9.06. The molecule has 1 aliphatic heterocycles. The Hall–Kier alpha value is -2.28. The first kappa shape index (κ1) is 10.8. The van der Waals surface area contributed by atoms with Crippen molar-refractivity contribution >= 4 is 0 Å². The second kappa shape index (κ2) is 3.88. The van der Waals surface area contributed by atoms with E-state index in [2.05, 4.69) is 36.2 Å². The topological polar surface area (TPSA) is 61.7 Å². The van der Waals surface area contributed by atoms with E-state index in [1.54, 1.807) is 0 Å². The van der Waals surface area contributed by atoms with Crippen molar-refractivity contribution in [2.45, 2.75) is 20.3 Å². The lowest BCUT2D eigenvalue weighted by atomic mass is 9.98. The van der Waals surface area contributed by atoms with E-state index < -0.39 is 0 Å². The Morgan fingerprint density at radius 1 is 1.39 bits per heavy atom. The summed E-state index contributed by atoms with van der Waals surface area (Å²) in [7, 11) is 0. The van der Waals surface area contributed by atoms with Crippen LogP contribution >= 0.6 is 0 Å². The van der Waals surface area contributed by atoms with E-state index in [1.807, 2.05) is 6.07 Å². The molecule has 0 saturated heterocycles. The Morgan fingerprint density at radius 2 is 2.22 bits per heavy atom. The van der Waals surface area contributed by atoms with Crippen molar-refractivity contribution in [3.63, 3.8) is 0 Å². The molecule has 1 aromatic heterocycles. The number of fused-ring (bicyclic) bond motifs is 3. The Balaban J connectivity index is 2.31. The van der Waals surface area contributed by atoms with Crippen LogP contribution in [0.3, 0.4) is 0 Å². The maximum Gasteiger partial charge on any atom is 0.166 e. The van der Waals surface area contributed by atoms with E-state index in [1.165, 1.54) is 5.56 Å². The predicted molar refractivity (Wildman–Crippen MR) is 67.4 cm³/mol. The molecule has 0 spiro atoms. The van der Waals surface area contributed by atoms with E-state index in [9.17, 15) is 0 Å². The summed E-state index contributed by atoms with van der Waals surface area (Å²) < 4.78 is 5.79. The summed E-state index contributed by atoms with van der Waals surface area (Å²) in [6.07, 6.45) is 0.710. The van der Waals surface area contributed by atoms with Gasteiger partial charge in [-0.25, -0.2) is 0 Å². The monoisotopic (exact) mass is 239 g/mol. The predicted octanol–water partition coefficient (Wildman–Crippen LogP) is 2.50. The zero-order chi connectivity index (χ0) is 12.7. The zero-order valence-electron chi connectivity index (χ0n) is 10.4. The zero-order valence-corrected chi connectivity index (χ0v) is 10.4. The van der Waals surface area contributed by atoms with Crippen LogP contribution in [0, 0.1) is 25.2 Å². The number of rotatable bonds is 0. The molecule has 4 heteroatoms. The van der Waals surface area contributed by atoms with Crippen LogP contribution in [0.15, 0.2) is 12.1 Å². The number of nitriles is 1. The average Bonchev–Trinajstić information content (AvgIpc) is 2.63. The number of aromatic amines is 1. The standard InChI is InChI=1S/C14H13N3O/c1-8-5-9(2)13-12(6-8)18-4-3-10-11(7-15)16-17-14(10)13/h5-6H,3-4H2,1-2H3,(H,16,17). The molecule has 90 valence electrons. The van der Waals surface area contributed by atoms with Crippen molar-refractivity contribution in [2.75, 3.05) is 6.61 Å². The van der Waals surface area contributed by atoms with Gasteiger partial charge in [-0.2, -0.15) is 10.4 Å². The molecule has 0 fully saturated rings. The first-order valence-electron chi connectivity index (χ1n) is 5.92. The van der Waals surface area contributed by atoms with Crippen molar-refractivity contribution in [3.05, 3.63) is 34.5 Å². The van der Waals surface area contributed by atoms with Gasteiger partial charge in [-0.3, -0.25) is 5.10 Å². The summed E-state index contributed by atoms with van der Waals surface area (Å²) in [5, 5.41) is 16.1. The van der Waals surface area contributed by atoms with Gasteiger partial charge in [-0.05, 0) is 31.0 Å². The van der Waals surface area contributed by atoms with Gasteiger partial charge in [0, 0.05) is 17.5 Å². The molecule has 0 unspecified atom stereocenters. The van der Waals surface area contributed by atoms with E-state index in [0.29, 0.717) is 18.7 Å². The van der Waals surface area contributed by atoms with Crippen LogP contribution < -0.4 is 4.74 Å². The highest BCUT2D eigenvalue weighted by atomic mass is 16.5. The van der Waals surface area contributed by atoms with Gasteiger partial charge in [0.25, 0.3) is 0 Å². The number of nitrogens with zero attached hydrogens (tertiary/aromatic N) is 2. The Bertz CT molecular complexity index is 664. The molecule has 0 bridgehead atoms. The lowest BCUT2D eigenvalue weighted by Gasteiger charge is -2.11. The minimum atomic E-state index is 0.474. The van der Waals surface area contributed by atoms with Gasteiger partial charge >= 0.3 is 0 Å².